The van der Waals surface area contributed by atoms with E-state index in [1.807, 2.05) is 49.4 Å². The third-order valence-electron chi connectivity index (χ3n) is 5.93. The number of rotatable bonds is 11. The summed E-state index contributed by atoms with van der Waals surface area (Å²) in [4.78, 5) is 28.1. The van der Waals surface area contributed by atoms with Crippen LogP contribution < -0.4 is 5.32 Å². The molecule has 3 rings (SSSR count). The molecule has 172 valence electrons. The van der Waals surface area contributed by atoms with Crippen LogP contribution >= 0.6 is 23.4 Å². The molecule has 0 spiro atoms. The first-order valence-electron chi connectivity index (χ1n) is 11.5. The molecule has 0 heterocycles. The van der Waals surface area contributed by atoms with Crippen molar-refractivity contribution in [3.05, 3.63) is 70.7 Å². The quantitative estimate of drug-likeness (QED) is 0.418. The molecule has 32 heavy (non-hydrogen) atoms. The first-order valence-corrected chi connectivity index (χ1v) is 13.1. The zero-order chi connectivity index (χ0) is 22.8. The fraction of sp³-hybridized carbons (Fsp3) is 0.462. The molecule has 2 amide bonds. The van der Waals surface area contributed by atoms with Crippen molar-refractivity contribution in [3.63, 3.8) is 0 Å². The number of hydrogen-bond acceptors (Lipinski definition) is 3. The molecular weight excluding hydrogens is 440 g/mol. The van der Waals surface area contributed by atoms with Gasteiger partial charge in [-0.25, -0.2) is 0 Å². The lowest BCUT2D eigenvalue weighted by Crippen LogP contribution is -2.51. The number of thioether (sulfide) groups is 1. The van der Waals surface area contributed by atoms with Gasteiger partial charge in [-0.3, -0.25) is 9.59 Å². The first-order chi connectivity index (χ1) is 15.6. The molecule has 1 aliphatic carbocycles. The van der Waals surface area contributed by atoms with E-state index in [0.29, 0.717) is 24.4 Å². The smallest absolute Gasteiger partial charge is 0.243 e. The maximum atomic E-state index is 13.3. The summed E-state index contributed by atoms with van der Waals surface area (Å²) in [5.41, 5.74) is 2.23. The topological polar surface area (TPSA) is 49.4 Å². The third-order valence-corrected chi connectivity index (χ3v) is 7.21. The van der Waals surface area contributed by atoms with Crippen LogP contribution in [0.5, 0.6) is 0 Å². The van der Waals surface area contributed by atoms with Gasteiger partial charge in [0.05, 0.1) is 0 Å². The van der Waals surface area contributed by atoms with Crippen molar-refractivity contribution >= 4 is 35.2 Å². The second kappa shape index (κ2) is 12.9. The Morgan fingerprint density at radius 1 is 1.06 bits per heavy atom. The van der Waals surface area contributed by atoms with Crippen LogP contribution in [0.2, 0.25) is 5.02 Å². The molecule has 0 aromatic heterocycles. The highest BCUT2D eigenvalue weighted by Crippen LogP contribution is 2.21. The van der Waals surface area contributed by atoms with E-state index in [1.54, 1.807) is 16.7 Å². The SMILES string of the molecule is CC[C@@H](C(=O)NC1CCCC1)N(Cc1ccc(Cl)cc1)C(=O)CCSCc1ccccc1. The zero-order valence-corrected chi connectivity index (χ0v) is 20.3. The third kappa shape index (κ3) is 7.56. The molecule has 0 bridgehead atoms. The molecule has 0 unspecified atom stereocenters. The molecular formula is C26H33ClN2O2S. The predicted molar refractivity (Wildman–Crippen MR) is 134 cm³/mol. The summed E-state index contributed by atoms with van der Waals surface area (Å²) >= 11 is 7.78. The number of hydrogen-bond donors (Lipinski definition) is 1. The van der Waals surface area contributed by atoms with E-state index >= 15 is 0 Å². The zero-order valence-electron chi connectivity index (χ0n) is 18.8. The largest absolute Gasteiger partial charge is 0.352 e. The van der Waals surface area contributed by atoms with E-state index in [-0.39, 0.29) is 17.9 Å². The van der Waals surface area contributed by atoms with Crippen molar-refractivity contribution in [1.29, 1.82) is 0 Å². The number of carbonyl (C=O) groups is 2. The standard InChI is InChI=1S/C26H33ClN2O2S/c1-2-24(26(31)28-23-10-6-7-11-23)29(18-20-12-14-22(27)15-13-20)25(30)16-17-32-19-21-8-4-3-5-9-21/h3-5,8-9,12-15,23-24H,2,6-7,10-11,16-19H2,1H3,(H,28,31)/t24-/m0/s1. The highest BCUT2D eigenvalue weighted by molar-refractivity contribution is 7.98. The second-order valence-corrected chi connectivity index (χ2v) is 9.89. The maximum Gasteiger partial charge on any atom is 0.243 e. The lowest BCUT2D eigenvalue weighted by atomic mass is 10.1. The Kier molecular flexibility index (Phi) is 9.94. The molecule has 1 aliphatic rings. The van der Waals surface area contributed by atoms with Gasteiger partial charge in [0.15, 0.2) is 0 Å². The molecule has 6 heteroatoms. The summed E-state index contributed by atoms with van der Waals surface area (Å²) in [6.07, 6.45) is 5.39. The summed E-state index contributed by atoms with van der Waals surface area (Å²) in [6.45, 7) is 2.39. The van der Waals surface area contributed by atoms with Gasteiger partial charge in [-0.1, -0.05) is 73.8 Å². The Labute approximate surface area is 201 Å². The molecule has 0 radical (unpaired) electrons. The molecule has 2 aromatic carbocycles. The number of halogens is 1. The maximum absolute atomic E-state index is 13.3. The van der Waals surface area contributed by atoms with E-state index in [4.69, 9.17) is 11.6 Å². The highest BCUT2D eigenvalue weighted by Gasteiger charge is 2.30. The fourth-order valence-corrected chi connectivity index (χ4v) is 5.16. The van der Waals surface area contributed by atoms with Crippen LogP contribution in [0.1, 0.15) is 56.6 Å². The Hall–Kier alpha value is -1.98. The van der Waals surface area contributed by atoms with Gasteiger partial charge < -0.3 is 10.2 Å². The van der Waals surface area contributed by atoms with Crippen molar-refractivity contribution in [2.24, 2.45) is 0 Å². The fourth-order valence-electron chi connectivity index (χ4n) is 4.14. The van der Waals surface area contributed by atoms with E-state index in [2.05, 4.69) is 17.4 Å². The molecule has 1 fully saturated rings. The summed E-state index contributed by atoms with van der Waals surface area (Å²) in [5, 5.41) is 3.85. The minimum absolute atomic E-state index is 0.0222. The van der Waals surface area contributed by atoms with Gasteiger partial charge in [-0.05, 0) is 42.5 Å². The normalized spacial score (nSPS) is 14.8. The van der Waals surface area contributed by atoms with E-state index < -0.39 is 6.04 Å². The van der Waals surface area contributed by atoms with Gasteiger partial charge in [-0.2, -0.15) is 11.8 Å². The summed E-state index contributed by atoms with van der Waals surface area (Å²) in [5.74, 6) is 1.60. The van der Waals surface area contributed by atoms with Crippen LogP contribution in [0.15, 0.2) is 54.6 Å². The van der Waals surface area contributed by atoms with Crippen molar-refractivity contribution in [1.82, 2.24) is 10.2 Å². The Balaban J connectivity index is 1.64. The average Bonchev–Trinajstić information content (AvgIpc) is 3.31. The Bertz CT molecular complexity index is 854. The Morgan fingerprint density at radius 2 is 1.75 bits per heavy atom. The van der Waals surface area contributed by atoms with Crippen molar-refractivity contribution in [2.75, 3.05) is 5.75 Å². The molecule has 2 aromatic rings. The van der Waals surface area contributed by atoms with E-state index in [0.717, 1.165) is 42.8 Å². The minimum atomic E-state index is -0.460. The number of carbonyl (C=O) groups excluding carboxylic acids is 2. The van der Waals surface area contributed by atoms with Crippen molar-refractivity contribution in [3.8, 4) is 0 Å². The van der Waals surface area contributed by atoms with E-state index in [1.165, 1.54) is 5.56 Å². The predicted octanol–water partition coefficient (Wildman–Crippen LogP) is 5.83. The molecule has 4 nitrogen and oxygen atoms in total. The van der Waals surface area contributed by atoms with Crippen LogP contribution in [-0.2, 0) is 21.9 Å². The molecule has 0 saturated heterocycles. The number of benzene rings is 2. The van der Waals surface area contributed by atoms with Gasteiger partial charge in [0.2, 0.25) is 11.8 Å². The van der Waals surface area contributed by atoms with Crippen LogP contribution in [-0.4, -0.2) is 34.6 Å². The number of nitrogens with one attached hydrogen (secondary N) is 1. The average molecular weight is 473 g/mol. The van der Waals surface area contributed by atoms with Crippen LogP contribution in [0.3, 0.4) is 0 Å². The second-order valence-electron chi connectivity index (χ2n) is 8.35. The minimum Gasteiger partial charge on any atom is -0.352 e. The van der Waals surface area contributed by atoms with Gasteiger partial charge in [0.1, 0.15) is 6.04 Å². The highest BCUT2D eigenvalue weighted by atomic mass is 35.5. The molecule has 1 atom stereocenters. The first kappa shape index (κ1) is 24.7. The molecule has 0 aliphatic heterocycles. The lowest BCUT2D eigenvalue weighted by molar-refractivity contribution is -0.141. The van der Waals surface area contributed by atoms with Gasteiger partial charge in [-0.15, -0.1) is 0 Å². The van der Waals surface area contributed by atoms with Gasteiger partial charge >= 0.3 is 0 Å². The van der Waals surface area contributed by atoms with Crippen molar-refractivity contribution < 1.29 is 9.59 Å². The Morgan fingerprint density at radius 3 is 2.41 bits per heavy atom. The molecule has 1 N–H and O–H groups in total. The monoisotopic (exact) mass is 472 g/mol. The van der Waals surface area contributed by atoms with Crippen molar-refractivity contribution in [2.45, 2.75) is 69.8 Å². The molecule has 1 saturated carbocycles. The van der Waals surface area contributed by atoms with Gasteiger partial charge in [0.25, 0.3) is 0 Å². The van der Waals surface area contributed by atoms with Crippen LogP contribution in [0.4, 0.5) is 0 Å². The van der Waals surface area contributed by atoms with Crippen LogP contribution in [0.25, 0.3) is 0 Å². The summed E-state index contributed by atoms with van der Waals surface area (Å²) in [7, 11) is 0. The summed E-state index contributed by atoms with van der Waals surface area (Å²) in [6, 6.07) is 17.6. The van der Waals surface area contributed by atoms with Crippen LogP contribution in [0, 0.1) is 0 Å². The summed E-state index contributed by atoms with van der Waals surface area (Å²) < 4.78 is 0. The number of nitrogens with zero attached hydrogens (tertiary/aromatic N) is 1. The lowest BCUT2D eigenvalue weighted by Gasteiger charge is -2.31. The number of amides is 2. The van der Waals surface area contributed by atoms with E-state index in [9.17, 15) is 9.59 Å². The van der Waals surface area contributed by atoms with Gasteiger partial charge in [0, 0.05) is 35.5 Å².